The summed E-state index contributed by atoms with van der Waals surface area (Å²) in [4.78, 5) is 0. The minimum Gasteiger partial charge on any atom is -0.504 e. The van der Waals surface area contributed by atoms with Crippen LogP contribution in [0.1, 0.15) is 5.56 Å². The molecule has 2 aromatic carbocycles. The molecule has 104 valence electrons. The summed E-state index contributed by atoms with van der Waals surface area (Å²) in [6.45, 7) is 0. The second-order valence-corrected chi connectivity index (χ2v) is 4.40. The Morgan fingerprint density at radius 2 is 1.90 bits per heavy atom. The van der Waals surface area contributed by atoms with E-state index in [1.165, 1.54) is 19.4 Å². The zero-order valence-corrected chi connectivity index (χ0v) is 11.4. The third kappa shape index (κ3) is 3.33. The Morgan fingerprint density at radius 1 is 1.20 bits per heavy atom. The van der Waals surface area contributed by atoms with Gasteiger partial charge < -0.3 is 14.9 Å². The van der Waals surface area contributed by atoms with E-state index in [0.29, 0.717) is 10.6 Å². The van der Waals surface area contributed by atoms with Crippen LogP contribution in [0.2, 0.25) is 5.02 Å². The van der Waals surface area contributed by atoms with Gasteiger partial charge in [-0.1, -0.05) is 11.6 Å². The van der Waals surface area contributed by atoms with Gasteiger partial charge in [0.15, 0.2) is 11.5 Å². The Kier molecular flexibility index (Phi) is 4.32. The van der Waals surface area contributed by atoms with E-state index in [1.54, 1.807) is 30.3 Å². The highest BCUT2D eigenvalue weighted by molar-refractivity contribution is 6.30. The molecule has 5 nitrogen and oxygen atoms in total. The van der Waals surface area contributed by atoms with Crippen molar-refractivity contribution in [2.24, 2.45) is 5.10 Å². The van der Waals surface area contributed by atoms with Gasteiger partial charge in [0.1, 0.15) is 0 Å². The third-order valence-electron chi connectivity index (χ3n) is 2.55. The largest absolute Gasteiger partial charge is 0.504 e. The monoisotopic (exact) mass is 292 g/mol. The fraction of sp³-hybridized carbons (Fsp3) is 0.0714. The summed E-state index contributed by atoms with van der Waals surface area (Å²) < 4.78 is 4.94. The van der Waals surface area contributed by atoms with Gasteiger partial charge in [-0.2, -0.15) is 5.10 Å². The van der Waals surface area contributed by atoms with Crippen molar-refractivity contribution >= 4 is 23.5 Å². The first-order chi connectivity index (χ1) is 9.60. The number of phenols is 2. The summed E-state index contributed by atoms with van der Waals surface area (Å²) in [6.07, 6.45) is 1.50. The smallest absolute Gasteiger partial charge is 0.200 e. The number of halogens is 1. The maximum Gasteiger partial charge on any atom is 0.200 e. The van der Waals surface area contributed by atoms with Crippen molar-refractivity contribution in [3.05, 3.63) is 47.0 Å². The molecule has 2 aromatic rings. The maximum atomic E-state index is 9.53. The lowest BCUT2D eigenvalue weighted by molar-refractivity contribution is 0.351. The van der Waals surface area contributed by atoms with Gasteiger partial charge in [0.2, 0.25) is 5.75 Å². The van der Waals surface area contributed by atoms with E-state index in [1.807, 2.05) is 0 Å². The van der Waals surface area contributed by atoms with E-state index in [-0.39, 0.29) is 17.2 Å². The van der Waals surface area contributed by atoms with Crippen LogP contribution in [-0.4, -0.2) is 23.5 Å². The van der Waals surface area contributed by atoms with Crippen LogP contribution in [-0.2, 0) is 0 Å². The van der Waals surface area contributed by atoms with Gasteiger partial charge in [-0.3, -0.25) is 5.43 Å². The number of rotatable bonds is 4. The van der Waals surface area contributed by atoms with Gasteiger partial charge in [-0.15, -0.1) is 0 Å². The average molecular weight is 293 g/mol. The van der Waals surface area contributed by atoms with E-state index in [4.69, 9.17) is 16.3 Å². The molecule has 6 heteroatoms. The summed E-state index contributed by atoms with van der Waals surface area (Å²) in [6, 6.07) is 10.00. The van der Waals surface area contributed by atoms with Crippen molar-refractivity contribution in [2.45, 2.75) is 0 Å². The minimum atomic E-state index is -0.296. The number of anilines is 1. The standard InChI is InChI=1S/C14H13ClN2O3/c1-20-13-7-9(6-12(18)14(13)19)8-16-17-11-4-2-10(15)3-5-11/h2-8,17-19H,1H3/b16-8+. The molecular weight excluding hydrogens is 280 g/mol. The molecular formula is C14H13ClN2O3. The number of phenolic OH excluding ortho intramolecular Hbond substituents is 2. The van der Waals surface area contributed by atoms with Crippen molar-refractivity contribution < 1.29 is 14.9 Å². The molecule has 20 heavy (non-hydrogen) atoms. The number of methoxy groups -OCH3 is 1. The Hall–Kier alpha value is -2.40. The Morgan fingerprint density at radius 3 is 2.55 bits per heavy atom. The van der Waals surface area contributed by atoms with Crippen LogP contribution in [0.4, 0.5) is 5.69 Å². The lowest BCUT2D eigenvalue weighted by Crippen LogP contribution is -1.92. The molecule has 0 saturated heterocycles. The summed E-state index contributed by atoms with van der Waals surface area (Å²) in [5.74, 6) is -0.384. The maximum absolute atomic E-state index is 9.53. The number of nitrogens with zero attached hydrogens (tertiary/aromatic N) is 1. The molecule has 0 aliphatic carbocycles. The van der Waals surface area contributed by atoms with Crippen molar-refractivity contribution in [1.29, 1.82) is 0 Å². The van der Waals surface area contributed by atoms with Crippen LogP contribution in [0.15, 0.2) is 41.5 Å². The van der Waals surface area contributed by atoms with Crippen molar-refractivity contribution in [3.8, 4) is 17.2 Å². The van der Waals surface area contributed by atoms with Crippen LogP contribution >= 0.6 is 11.6 Å². The number of ether oxygens (including phenoxy) is 1. The SMILES string of the molecule is COc1cc(/C=N/Nc2ccc(Cl)cc2)cc(O)c1O. The minimum absolute atomic E-state index is 0.179. The number of hydrogen-bond donors (Lipinski definition) is 3. The Balaban J connectivity index is 2.11. The highest BCUT2D eigenvalue weighted by Crippen LogP contribution is 2.35. The lowest BCUT2D eigenvalue weighted by atomic mass is 10.2. The predicted octanol–water partition coefficient (Wildman–Crippen LogP) is 3.21. The normalized spacial score (nSPS) is 10.7. The van der Waals surface area contributed by atoms with Gasteiger partial charge >= 0.3 is 0 Å². The molecule has 0 aliphatic heterocycles. The van der Waals surface area contributed by atoms with Crippen LogP contribution < -0.4 is 10.2 Å². The molecule has 0 atom stereocenters. The zero-order chi connectivity index (χ0) is 14.5. The van der Waals surface area contributed by atoms with Crippen LogP contribution in [0.3, 0.4) is 0 Å². The molecule has 0 fully saturated rings. The lowest BCUT2D eigenvalue weighted by Gasteiger charge is -2.06. The van der Waals surface area contributed by atoms with Gasteiger partial charge in [0.25, 0.3) is 0 Å². The predicted molar refractivity (Wildman–Crippen MR) is 79.0 cm³/mol. The average Bonchev–Trinajstić information content (AvgIpc) is 2.44. The fourth-order valence-electron chi connectivity index (χ4n) is 1.55. The summed E-state index contributed by atoms with van der Waals surface area (Å²) in [7, 11) is 1.40. The first kappa shape index (κ1) is 14.0. The van der Waals surface area contributed by atoms with Crippen molar-refractivity contribution in [1.82, 2.24) is 0 Å². The Labute approximate surface area is 121 Å². The van der Waals surface area contributed by atoms with Crippen molar-refractivity contribution in [2.75, 3.05) is 12.5 Å². The topological polar surface area (TPSA) is 74.1 Å². The molecule has 0 spiro atoms. The van der Waals surface area contributed by atoms with E-state index in [0.717, 1.165) is 5.69 Å². The molecule has 0 amide bonds. The van der Waals surface area contributed by atoms with E-state index in [9.17, 15) is 10.2 Å². The van der Waals surface area contributed by atoms with Crippen LogP contribution in [0.5, 0.6) is 17.2 Å². The van der Waals surface area contributed by atoms with Gasteiger partial charge in [0, 0.05) is 10.6 Å². The first-order valence-corrected chi connectivity index (χ1v) is 6.12. The van der Waals surface area contributed by atoms with E-state index in [2.05, 4.69) is 10.5 Å². The second kappa shape index (κ2) is 6.16. The molecule has 0 saturated carbocycles. The molecule has 0 aliphatic rings. The van der Waals surface area contributed by atoms with Gasteiger partial charge in [-0.05, 0) is 36.4 Å². The van der Waals surface area contributed by atoms with Gasteiger partial charge in [-0.25, -0.2) is 0 Å². The molecule has 0 radical (unpaired) electrons. The summed E-state index contributed by atoms with van der Waals surface area (Å²) in [5.41, 5.74) is 4.18. The summed E-state index contributed by atoms with van der Waals surface area (Å²) in [5, 5.41) is 23.7. The van der Waals surface area contributed by atoms with Gasteiger partial charge in [0.05, 0.1) is 19.0 Å². The first-order valence-electron chi connectivity index (χ1n) is 5.75. The summed E-state index contributed by atoms with van der Waals surface area (Å²) >= 11 is 5.78. The number of aromatic hydroxyl groups is 2. The van der Waals surface area contributed by atoms with E-state index < -0.39 is 0 Å². The second-order valence-electron chi connectivity index (χ2n) is 3.97. The molecule has 0 aromatic heterocycles. The quantitative estimate of drug-likeness (QED) is 0.459. The van der Waals surface area contributed by atoms with Crippen molar-refractivity contribution in [3.63, 3.8) is 0 Å². The number of hydrazone groups is 1. The number of nitrogens with one attached hydrogen (secondary N) is 1. The third-order valence-corrected chi connectivity index (χ3v) is 2.80. The fourth-order valence-corrected chi connectivity index (χ4v) is 1.68. The van der Waals surface area contributed by atoms with E-state index >= 15 is 0 Å². The Bertz CT molecular complexity index is 627. The molecule has 0 bridgehead atoms. The molecule has 0 unspecified atom stereocenters. The molecule has 3 N–H and O–H groups in total. The zero-order valence-electron chi connectivity index (χ0n) is 10.7. The van der Waals surface area contributed by atoms with Crippen LogP contribution in [0, 0.1) is 0 Å². The number of benzene rings is 2. The highest BCUT2D eigenvalue weighted by atomic mass is 35.5. The molecule has 0 heterocycles. The molecule has 2 rings (SSSR count). The number of hydrogen-bond acceptors (Lipinski definition) is 5. The van der Waals surface area contributed by atoms with Crippen LogP contribution in [0.25, 0.3) is 0 Å². The highest BCUT2D eigenvalue weighted by Gasteiger charge is 2.08.